The number of hydrogen-bond acceptors (Lipinski definition) is 3. The second-order valence-electron chi connectivity index (χ2n) is 5.45. The third kappa shape index (κ3) is 3.65. The smallest absolute Gasteiger partial charge is 0.306 e. The first-order valence-corrected chi connectivity index (χ1v) is 7.16. The van der Waals surface area contributed by atoms with Crippen molar-refractivity contribution in [1.82, 2.24) is 0 Å². The summed E-state index contributed by atoms with van der Waals surface area (Å²) in [5.74, 6) is 0.259. The van der Waals surface area contributed by atoms with Crippen LogP contribution in [-0.4, -0.2) is 24.3 Å². The lowest BCUT2D eigenvalue weighted by Crippen LogP contribution is -2.13. The lowest BCUT2D eigenvalue weighted by molar-refractivity contribution is -0.141. The Bertz CT molecular complexity index is 464. The molecule has 20 heavy (non-hydrogen) atoms. The van der Waals surface area contributed by atoms with Gasteiger partial charge >= 0.3 is 5.97 Å². The zero-order chi connectivity index (χ0) is 14.5. The molecule has 1 N–H and O–H groups in total. The van der Waals surface area contributed by atoms with Gasteiger partial charge in [0, 0.05) is 0 Å². The molecule has 0 saturated heterocycles. The summed E-state index contributed by atoms with van der Waals surface area (Å²) in [6.07, 6.45) is 5.42. The normalized spacial score (nSPS) is 16.9. The molecule has 1 atom stereocenters. The standard InChI is InChI=1S/C16H22O4/c1-11(16(17)18)9-12-7-8-14(15(10-12)19-2)20-13-5-3-4-6-13/h7-8,10-11,13H,3-6,9H2,1-2H3,(H,17,18). The fraction of sp³-hybridized carbons (Fsp3) is 0.562. The van der Waals surface area contributed by atoms with Crippen LogP contribution in [0, 0.1) is 5.92 Å². The average molecular weight is 278 g/mol. The molecule has 0 spiro atoms. The van der Waals surface area contributed by atoms with Crippen molar-refractivity contribution in [1.29, 1.82) is 0 Å². The van der Waals surface area contributed by atoms with Gasteiger partial charge in [-0.1, -0.05) is 13.0 Å². The summed E-state index contributed by atoms with van der Waals surface area (Å²) in [7, 11) is 1.61. The maximum absolute atomic E-state index is 10.9. The van der Waals surface area contributed by atoms with Crippen molar-refractivity contribution in [3.05, 3.63) is 23.8 Å². The molecule has 0 amide bonds. The Morgan fingerprint density at radius 2 is 2.05 bits per heavy atom. The van der Waals surface area contributed by atoms with E-state index in [9.17, 15) is 4.79 Å². The molecule has 110 valence electrons. The van der Waals surface area contributed by atoms with Gasteiger partial charge in [0.05, 0.1) is 19.1 Å². The first kappa shape index (κ1) is 14.7. The second kappa shape index (κ2) is 6.64. The summed E-state index contributed by atoms with van der Waals surface area (Å²) in [5.41, 5.74) is 0.954. The minimum Gasteiger partial charge on any atom is -0.493 e. The third-order valence-corrected chi connectivity index (χ3v) is 3.79. The van der Waals surface area contributed by atoms with Crippen molar-refractivity contribution in [2.45, 2.75) is 45.1 Å². The molecule has 0 aliphatic heterocycles. The Kier molecular flexibility index (Phi) is 4.88. The predicted octanol–water partition coefficient (Wildman–Crippen LogP) is 3.28. The highest BCUT2D eigenvalue weighted by Crippen LogP contribution is 2.32. The Hall–Kier alpha value is -1.71. The third-order valence-electron chi connectivity index (χ3n) is 3.79. The Labute approximate surface area is 119 Å². The molecule has 1 aliphatic carbocycles. The Morgan fingerprint density at radius 3 is 2.65 bits per heavy atom. The van der Waals surface area contributed by atoms with Crippen molar-refractivity contribution in [3.8, 4) is 11.5 Å². The molecule has 1 unspecified atom stereocenters. The molecular formula is C16H22O4. The number of ether oxygens (including phenoxy) is 2. The highest BCUT2D eigenvalue weighted by Gasteiger charge is 2.19. The molecule has 1 aromatic rings. The summed E-state index contributed by atoms with van der Waals surface area (Å²) in [6, 6.07) is 5.69. The minimum absolute atomic E-state index is 0.285. The summed E-state index contributed by atoms with van der Waals surface area (Å²) < 4.78 is 11.3. The highest BCUT2D eigenvalue weighted by atomic mass is 16.5. The number of hydrogen-bond donors (Lipinski definition) is 1. The lowest BCUT2D eigenvalue weighted by atomic mass is 10.0. The fourth-order valence-corrected chi connectivity index (χ4v) is 2.56. The van der Waals surface area contributed by atoms with E-state index in [1.165, 1.54) is 12.8 Å². The van der Waals surface area contributed by atoms with E-state index in [-0.39, 0.29) is 6.10 Å². The molecule has 0 bridgehead atoms. The quantitative estimate of drug-likeness (QED) is 0.867. The van der Waals surface area contributed by atoms with E-state index < -0.39 is 11.9 Å². The number of carboxylic acid groups (broad SMARTS) is 1. The molecule has 0 heterocycles. The largest absolute Gasteiger partial charge is 0.493 e. The van der Waals surface area contributed by atoms with Crippen LogP contribution < -0.4 is 9.47 Å². The van der Waals surface area contributed by atoms with Crippen LogP contribution in [0.4, 0.5) is 0 Å². The topological polar surface area (TPSA) is 55.8 Å². The van der Waals surface area contributed by atoms with Gasteiger partial charge in [0.15, 0.2) is 11.5 Å². The van der Waals surface area contributed by atoms with E-state index in [1.54, 1.807) is 14.0 Å². The number of carbonyl (C=O) groups is 1. The maximum Gasteiger partial charge on any atom is 0.306 e. The molecule has 1 aliphatic rings. The van der Waals surface area contributed by atoms with Crippen LogP contribution in [0.2, 0.25) is 0 Å². The van der Waals surface area contributed by atoms with Crippen LogP contribution in [0.3, 0.4) is 0 Å². The first-order chi connectivity index (χ1) is 9.60. The molecule has 1 saturated carbocycles. The van der Waals surface area contributed by atoms with Crippen LogP contribution in [0.15, 0.2) is 18.2 Å². The van der Waals surface area contributed by atoms with Gasteiger partial charge in [-0.05, 0) is 49.8 Å². The molecule has 4 nitrogen and oxygen atoms in total. The predicted molar refractivity (Wildman–Crippen MR) is 76.4 cm³/mol. The number of carboxylic acids is 1. The number of methoxy groups -OCH3 is 1. The van der Waals surface area contributed by atoms with Crippen molar-refractivity contribution in [2.75, 3.05) is 7.11 Å². The van der Waals surface area contributed by atoms with Gasteiger partial charge in [0.25, 0.3) is 0 Å². The van der Waals surface area contributed by atoms with E-state index in [0.717, 1.165) is 24.2 Å². The van der Waals surface area contributed by atoms with Gasteiger partial charge in [-0.3, -0.25) is 4.79 Å². The van der Waals surface area contributed by atoms with Gasteiger partial charge < -0.3 is 14.6 Å². The Balaban J connectivity index is 2.08. The van der Waals surface area contributed by atoms with E-state index >= 15 is 0 Å². The first-order valence-electron chi connectivity index (χ1n) is 7.16. The molecular weight excluding hydrogens is 256 g/mol. The summed E-state index contributed by atoms with van der Waals surface area (Å²) in [4.78, 5) is 10.9. The average Bonchev–Trinajstić information content (AvgIpc) is 2.93. The van der Waals surface area contributed by atoms with E-state index in [0.29, 0.717) is 12.2 Å². The van der Waals surface area contributed by atoms with E-state index in [1.807, 2.05) is 18.2 Å². The molecule has 4 heteroatoms. The zero-order valence-corrected chi connectivity index (χ0v) is 12.1. The zero-order valence-electron chi connectivity index (χ0n) is 12.1. The van der Waals surface area contributed by atoms with Crippen molar-refractivity contribution in [3.63, 3.8) is 0 Å². The molecule has 0 radical (unpaired) electrons. The van der Waals surface area contributed by atoms with Gasteiger partial charge in [-0.25, -0.2) is 0 Å². The van der Waals surface area contributed by atoms with Crippen LogP contribution in [-0.2, 0) is 11.2 Å². The molecule has 0 aromatic heterocycles. The van der Waals surface area contributed by atoms with Gasteiger partial charge in [-0.15, -0.1) is 0 Å². The van der Waals surface area contributed by atoms with E-state index in [2.05, 4.69) is 0 Å². The summed E-state index contributed by atoms with van der Waals surface area (Å²) in [6.45, 7) is 1.71. The highest BCUT2D eigenvalue weighted by molar-refractivity contribution is 5.70. The number of benzene rings is 1. The van der Waals surface area contributed by atoms with Crippen molar-refractivity contribution >= 4 is 5.97 Å². The lowest BCUT2D eigenvalue weighted by Gasteiger charge is -2.17. The number of aliphatic carboxylic acids is 1. The molecule has 1 aromatic carbocycles. The van der Waals surface area contributed by atoms with Crippen LogP contribution in [0.25, 0.3) is 0 Å². The monoisotopic (exact) mass is 278 g/mol. The molecule has 1 fully saturated rings. The SMILES string of the molecule is COc1cc(CC(C)C(=O)O)ccc1OC1CCCC1. The van der Waals surface area contributed by atoms with Crippen LogP contribution in [0.5, 0.6) is 11.5 Å². The summed E-state index contributed by atoms with van der Waals surface area (Å²) in [5, 5.41) is 8.96. The minimum atomic E-state index is -0.782. The fourth-order valence-electron chi connectivity index (χ4n) is 2.56. The molecule has 2 rings (SSSR count). The van der Waals surface area contributed by atoms with Gasteiger partial charge in [0.1, 0.15) is 0 Å². The van der Waals surface area contributed by atoms with Gasteiger partial charge in [-0.2, -0.15) is 0 Å². The number of rotatable bonds is 6. The summed E-state index contributed by atoms with van der Waals surface area (Å²) >= 11 is 0. The van der Waals surface area contributed by atoms with E-state index in [4.69, 9.17) is 14.6 Å². The van der Waals surface area contributed by atoms with Crippen LogP contribution in [0.1, 0.15) is 38.2 Å². The van der Waals surface area contributed by atoms with Crippen molar-refractivity contribution in [2.24, 2.45) is 5.92 Å². The Morgan fingerprint density at radius 1 is 1.35 bits per heavy atom. The van der Waals surface area contributed by atoms with Crippen molar-refractivity contribution < 1.29 is 19.4 Å². The second-order valence-corrected chi connectivity index (χ2v) is 5.45. The van der Waals surface area contributed by atoms with Crippen LogP contribution >= 0.6 is 0 Å². The van der Waals surface area contributed by atoms with Gasteiger partial charge in [0.2, 0.25) is 0 Å². The maximum atomic E-state index is 10.9.